The fraction of sp³-hybridized carbons (Fsp3) is 0.160. The van der Waals surface area contributed by atoms with Crippen molar-refractivity contribution in [2.45, 2.75) is 20.0 Å². The van der Waals surface area contributed by atoms with Crippen LogP contribution in [0.15, 0.2) is 76.3 Å². The van der Waals surface area contributed by atoms with E-state index in [0.29, 0.717) is 33.8 Å². The highest BCUT2D eigenvalue weighted by molar-refractivity contribution is 9.10. The molecule has 0 saturated heterocycles. The summed E-state index contributed by atoms with van der Waals surface area (Å²) in [6.45, 7) is 2.43. The lowest BCUT2D eigenvalue weighted by molar-refractivity contribution is -0.384. The average molecular weight is 555 g/mol. The van der Waals surface area contributed by atoms with Crippen molar-refractivity contribution in [3.63, 3.8) is 0 Å². The van der Waals surface area contributed by atoms with Gasteiger partial charge in [-0.25, -0.2) is 5.43 Å². The van der Waals surface area contributed by atoms with Crippen LogP contribution in [0.5, 0.6) is 11.5 Å². The third kappa shape index (κ3) is 7.91. The largest absolute Gasteiger partial charge is 0.490 e. The van der Waals surface area contributed by atoms with Gasteiger partial charge in [-0.3, -0.25) is 19.7 Å². The molecule has 0 aliphatic carbocycles. The fourth-order valence-corrected chi connectivity index (χ4v) is 3.37. The molecule has 3 aromatic rings. The van der Waals surface area contributed by atoms with Crippen molar-refractivity contribution in [1.29, 1.82) is 0 Å². The van der Waals surface area contributed by atoms with E-state index >= 15 is 0 Å². The van der Waals surface area contributed by atoms with Crippen molar-refractivity contribution >= 4 is 45.3 Å². The molecule has 0 bridgehead atoms. The van der Waals surface area contributed by atoms with E-state index in [9.17, 15) is 19.7 Å². The minimum atomic E-state index is -0.566. The van der Waals surface area contributed by atoms with Crippen LogP contribution in [-0.4, -0.2) is 29.6 Å². The predicted molar refractivity (Wildman–Crippen MR) is 138 cm³/mol. The van der Waals surface area contributed by atoms with Crippen LogP contribution in [0, 0.1) is 10.1 Å². The Morgan fingerprint density at radius 1 is 1.03 bits per heavy atom. The Morgan fingerprint density at radius 2 is 1.78 bits per heavy atom. The third-order valence-corrected chi connectivity index (χ3v) is 5.37. The summed E-state index contributed by atoms with van der Waals surface area (Å²) < 4.78 is 12.2. The second kappa shape index (κ2) is 13.0. The summed E-state index contributed by atoms with van der Waals surface area (Å²) in [6, 6.07) is 18.3. The van der Waals surface area contributed by atoms with Crippen molar-refractivity contribution in [2.75, 3.05) is 11.9 Å². The number of nitrogens with one attached hydrogen (secondary N) is 2. The molecular weight excluding hydrogens is 532 g/mol. The molecule has 3 aromatic carbocycles. The van der Waals surface area contributed by atoms with Crippen LogP contribution in [0.1, 0.15) is 24.5 Å². The molecule has 10 nitrogen and oxygen atoms in total. The summed E-state index contributed by atoms with van der Waals surface area (Å²) in [7, 11) is 0. The van der Waals surface area contributed by atoms with E-state index in [-0.39, 0.29) is 12.3 Å². The molecule has 36 heavy (non-hydrogen) atoms. The van der Waals surface area contributed by atoms with E-state index in [1.54, 1.807) is 48.5 Å². The molecule has 0 unspecified atom stereocenters. The highest BCUT2D eigenvalue weighted by Gasteiger charge is 2.11. The predicted octanol–water partition coefficient (Wildman–Crippen LogP) is 4.81. The summed E-state index contributed by atoms with van der Waals surface area (Å²) >= 11 is 3.33. The first-order valence-electron chi connectivity index (χ1n) is 10.8. The Labute approximate surface area is 215 Å². The quantitative estimate of drug-likeness (QED) is 0.151. The number of ether oxygens (including phenoxy) is 2. The van der Waals surface area contributed by atoms with Gasteiger partial charge in [0.2, 0.25) is 11.8 Å². The lowest BCUT2D eigenvalue weighted by atomic mass is 10.2. The Morgan fingerprint density at radius 3 is 2.47 bits per heavy atom. The molecule has 3 rings (SSSR count). The third-order valence-electron chi connectivity index (χ3n) is 4.68. The van der Waals surface area contributed by atoms with E-state index in [4.69, 9.17) is 9.47 Å². The molecule has 0 radical (unpaired) electrons. The number of anilines is 1. The van der Waals surface area contributed by atoms with Gasteiger partial charge in [0.15, 0.2) is 11.5 Å². The minimum absolute atomic E-state index is 0.00869. The van der Waals surface area contributed by atoms with Crippen LogP contribution in [0.2, 0.25) is 0 Å². The van der Waals surface area contributed by atoms with Crippen molar-refractivity contribution in [1.82, 2.24) is 5.43 Å². The number of para-hydroxylation sites is 1. The molecule has 0 atom stereocenters. The topological polar surface area (TPSA) is 132 Å². The van der Waals surface area contributed by atoms with Crippen LogP contribution >= 0.6 is 15.9 Å². The Hall–Kier alpha value is -4.25. The summed E-state index contributed by atoms with van der Waals surface area (Å²) in [4.78, 5) is 34.4. The highest BCUT2D eigenvalue weighted by Crippen LogP contribution is 2.29. The molecular formula is C25H23BrN4O6. The lowest BCUT2D eigenvalue weighted by Crippen LogP contribution is -2.24. The normalized spacial score (nSPS) is 10.6. The number of hydrogen-bond acceptors (Lipinski definition) is 7. The van der Waals surface area contributed by atoms with Crippen LogP contribution in [0.25, 0.3) is 0 Å². The van der Waals surface area contributed by atoms with Gasteiger partial charge in [-0.05, 0) is 76.4 Å². The summed E-state index contributed by atoms with van der Waals surface area (Å²) in [5, 5.41) is 17.3. The Bertz CT molecular complexity index is 1260. The lowest BCUT2D eigenvalue weighted by Gasteiger charge is -2.12. The smallest absolute Gasteiger partial charge is 0.269 e. The number of nitrogens with zero attached hydrogens (tertiary/aromatic N) is 2. The number of rotatable bonds is 11. The van der Waals surface area contributed by atoms with E-state index in [2.05, 4.69) is 31.8 Å². The summed E-state index contributed by atoms with van der Waals surface area (Å²) in [5.74, 6) is -0.0747. The molecule has 0 aliphatic rings. The molecule has 0 aromatic heterocycles. The number of hydrazone groups is 1. The second-order valence-corrected chi connectivity index (χ2v) is 8.20. The zero-order valence-electron chi connectivity index (χ0n) is 19.3. The zero-order valence-corrected chi connectivity index (χ0v) is 20.9. The Kier molecular flexibility index (Phi) is 9.52. The van der Waals surface area contributed by atoms with Crippen LogP contribution in [-0.2, 0) is 16.2 Å². The van der Waals surface area contributed by atoms with Crippen LogP contribution in [0.4, 0.5) is 11.4 Å². The molecule has 2 amide bonds. The van der Waals surface area contributed by atoms with Crippen LogP contribution < -0.4 is 20.2 Å². The van der Waals surface area contributed by atoms with Gasteiger partial charge in [0.1, 0.15) is 13.0 Å². The molecule has 0 spiro atoms. The van der Waals surface area contributed by atoms with Gasteiger partial charge in [0, 0.05) is 16.6 Å². The number of benzene rings is 3. The molecule has 0 saturated carbocycles. The maximum absolute atomic E-state index is 12.1. The molecule has 186 valence electrons. The van der Waals surface area contributed by atoms with Gasteiger partial charge < -0.3 is 14.8 Å². The monoisotopic (exact) mass is 554 g/mol. The number of non-ortho nitro benzene ring substituents is 1. The SMILES string of the molecule is CCOc1cc(C=NNC(=O)CC(=O)Nc2ccccc2Br)ccc1OCc1ccc([N+](=O)[O-])cc1. The molecule has 11 heteroatoms. The van der Waals surface area contributed by atoms with Gasteiger partial charge in [-0.15, -0.1) is 0 Å². The summed E-state index contributed by atoms with van der Waals surface area (Å²) in [5.41, 5.74) is 4.30. The number of carbonyl (C=O) groups is 2. The summed E-state index contributed by atoms with van der Waals surface area (Å²) in [6.07, 6.45) is 1.03. The maximum atomic E-state index is 12.1. The van der Waals surface area contributed by atoms with Gasteiger partial charge in [-0.2, -0.15) is 5.10 Å². The first-order valence-corrected chi connectivity index (χ1v) is 11.6. The minimum Gasteiger partial charge on any atom is -0.490 e. The molecule has 0 aliphatic heterocycles. The van der Waals surface area contributed by atoms with Crippen molar-refractivity contribution < 1.29 is 24.0 Å². The first kappa shape index (κ1) is 26.4. The number of nitro benzene ring substituents is 1. The van der Waals surface area contributed by atoms with Crippen molar-refractivity contribution in [3.05, 3.63) is 92.4 Å². The van der Waals surface area contributed by atoms with Gasteiger partial charge >= 0.3 is 0 Å². The maximum Gasteiger partial charge on any atom is 0.269 e. The van der Waals surface area contributed by atoms with Crippen molar-refractivity contribution in [3.8, 4) is 11.5 Å². The number of hydrogen-bond donors (Lipinski definition) is 2. The highest BCUT2D eigenvalue weighted by atomic mass is 79.9. The first-order chi connectivity index (χ1) is 17.4. The van der Waals surface area contributed by atoms with Gasteiger partial charge in [0.05, 0.1) is 23.4 Å². The zero-order chi connectivity index (χ0) is 25.9. The van der Waals surface area contributed by atoms with E-state index in [0.717, 1.165) is 5.56 Å². The molecule has 0 fully saturated rings. The Balaban J connectivity index is 1.55. The van der Waals surface area contributed by atoms with E-state index in [1.165, 1.54) is 18.3 Å². The van der Waals surface area contributed by atoms with Gasteiger partial charge in [0.25, 0.3) is 5.69 Å². The molecule has 2 N–H and O–H groups in total. The van der Waals surface area contributed by atoms with Gasteiger partial charge in [-0.1, -0.05) is 12.1 Å². The van der Waals surface area contributed by atoms with E-state index < -0.39 is 23.2 Å². The second-order valence-electron chi connectivity index (χ2n) is 7.35. The number of nitro groups is 1. The van der Waals surface area contributed by atoms with Crippen LogP contribution in [0.3, 0.4) is 0 Å². The molecule has 0 heterocycles. The van der Waals surface area contributed by atoms with E-state index in [1.807, 2.05) is 13.0 Å². The average Bonchev–Trinajstić information content (AvgIpc) is 2.85. The fourth-order valence-electron chi connectivity index (χ4n) is 2.99. The number of amides is 2. The number of carbonyl (C=O) groups excluding carboxylic acids is 2. The standard InChI is InChI=1S/C25H23BrN4O6/c1-2-35-23-13-18(9-12-22(23)36-16-17-7-10-19(11-8-17)30(33)34)15-27-29-25(32)14-24(31)28-21-6-4-3-5-20(21)26/h3-13,15H,2,14,16H2,1H3,(H,28,31)(H,29,32). The van der Waals surface area contributed by atoms with Crippen molar-refractivity contribution in [2.24, 2.45) is 5.10 Å². The number of halogens is 1.